The van der Waals surface area contributed by atoms with Crippen LogP contribution in [0.5, 0.6) is 0 Å². The third-order valence-corrected chi connectivity index (χ3v) is 2.30. The summed E-state index contributed by atoms with van der Waals surface area (Å²) in [4.78, 5) is 12.6. The number of nitrogens with zero attached hydrogens (tertiary/aromatic N) is 1. The van der Waals surface area contributed by atoms with Crippen LogP contribution in [0.15, 0.2) is 0 Å². The van der Waals surface area contributed by atoms with Gasteiger partial charge in [-0.1, -0.05) is 6.92 Å². The number of ether oxygens (including phenoxy) is 1. The number of carboxylic acids is 1. The predicted octanol–water partition coefficient (Wildman–Crippen LogP) is -0.633. The standard InChI is InChI=1S/C9H18N2O3/c1-7-4-11(2-3-14-6-7)5-8(10)9(12)13/h7-8H,2-6,10H2,1H3,(H,12,13). The molecule has 0 aromatic heterocycles. The molecule has 0 aliphatic carbocycles. The lowest BCUT2D eigenvalue weighted by Gasteiger charge is -2.22. The number of hydrogen-bond acceptors (Lipinski definition) is 4. The highest BCUT2D eigenvalue weighted by atomic mass is 16.5. The molecule has 1 aliphatic heterocycles. The lowest BCUT2D eigenvalue weighted by molar-refractivity contribution is -0.139. The molecule has 1 saturated heterocycles. The first-order valence-electron chi connectivity index (χ1n) is 4.88. The van der Waals surface area contributed by atoms with Crippen molar-refractivity contribution in [3.63, 3.8) is 0 Å². The molecule has 0 bridgehead atoms. The zero-order valence-electron chi connectivity index (χ0n) is 8.48. The zero-order valence-corrected chi connectivity index (χ0v) is 8.48. The molecule has 1 rings (SSSR count). The SMILES string of the molecule is CC1COCCN(CC(N)C(=O)O)C1. The molecule has 0 spiro atoms. The summed E-state index contributed by atoms with van der Waals surface area (Å²) in [5.41, 5.74) is 5.46. The molecule has 1 heterocycles. The minimum Gasteiger partial charge on any atom is -0.480 e. The molecule has 0 amide bonds. The Labute approximate surface area is 83.8 Å². The Bertz CT molecular complexity index is 198. The molecule has 3 N–H and O–H groups in total. The largest absolute Gasteiger partial charge is 0.480 e. The number of hydrogen-bond donors (Lipinski definition) is 2. The summed E-state index contributed by atoms with van der Waals surface area (Å²) in [5, 5.41) is 8.67. The van der Waals surface area contributed by atoms with Gasteiger partial charge in [-0.25, -0.2) is 0 Å². The maximum Gasteiger partial charge on any atom is 0.321 e. The molecule has 0 aromatic carbocycles. The van der Waals surface area contributed by atoms with Gasteiger partial charge in [0.05, 0.1) is 13.2 Å². The van der Waals surface area contributed by atoms with Gasteiger partial charge >= 0.3 is 5.97 Å². The predicted molar refractivity (Wildman–Crippen MR) is 52.0 cm³/mol. The Morgan fingerprint density at radius 1 is 1.79 bits per heavy atom. The van der Waals surface area contributed by atoms with E-state index in [1.807, 2.05) is 0 Å². The molecule has 2 atom stereocenters. The summed E-state index contributed by atoms with van der Waals surface area (Å²) in [7, 11) is 0. The molecule has 1 aliphatic rings. The minimum atomic E-state index is -0.942. The van der Waals surface area contributed by atoms with Gasteiger partial charge in [-0.15, -0.1) is 0 Å². The molecule has 14 heavy (non-hydrogen) atoms. The molecular formula is C9H18N2O3. The smallest absolute Gasteiger partial charge is 0.321 e. The Hall–Kier alpha value is -0.650. The van der Waals surface area contributed by atoms with Gasteiger partial charge in [0.1, 0.15) is 6.04 Å². The van der Waals surface area contributed by atoms with Crippen LogP contribution in [-0.4, -0.2) is 54.9 Å². The molecule has 0 radical (unpaired) electrons. The summed E-state index contributed by atoms with van der Waals surface area (Å²) >= 11 is 0. The van der Waals surface area contributed by atoms with Gasteiger partial charge in [0.15, 0.2) is 0 Å². The molecule has 1 fully saturated rings. The topological polar surface area (TPSA) is 75.8 Å². The fourth-order valence-electron chi connectivity index (χ4n) is 1.59. The first-order chi connectivity index (χ1) is 6.59. The van der Waals surface area contributed by atoms with Gasteiger partial charge in [-0.05, 0) is 5.92 Å². The van der Waals surface area contributed by atoms with E-state index < -0.39 is 12.0 Å². The van der Waals surface area contributed by atoms with Crippen molar-refractivity contribution in [3.05, 3.63) is 0 Å². The summed E-state index contributed by atoms with van der Waals surface area (Å²) in [6, 6.07) is -0.791. The van der Waals surface area contributed by atoms with E-state index >= 15 is 0 Å². The highest BCUT2D eigenvalue weighted by Crippen LogP contribution is 2.05. The highest BCUT2D eigenvalue weighted by Gasteiger charge is 2.20. The van der Waals surface area contributed by atoms with Gasteiger partial charge in [0, 0.05) is 19.6 Å². The summed E-state index contributed by atoms with van der Waals surface area (Å²) in [6.45, 7) is 5.54. The van der Waals surface area contributed by atoms with Crippen molar-refractivity contribution in [1.82, 2.24) is 4.90 Å². The first-order valence-corrected chi connectivity index (χ1v) is 4.88. The highest BCUT2D eigenvalue weighted by molar-refractivity contribution is 5.73. The Morgan fingerprint density at radius 2 is 2.50 bits per heavy atom. The maximum atomic E-state index is 10.6. The van der Waals surface area contributed by atoms with Crippen molar-refractivity contribution >= 4 is 5.97 Å². The van der Waals surface area contributed by atoms with E-state index in [9.17, 15) is 4.79 Å². The van der Waals surface area contributed by atoms with Crippen LogP contribution in [0.3, 0.4) is 0 Å². The third-order valence-electron chi connectivity index (χ3n) is 2.30. The number of carbonyl (C=O) groups is 1. The van der Waals surface area contributed by atoms with E-state index in [1.165, 1.54) is 0 Å². The van der Waals surface area contributed by atoms with Crippen LogP contribution in [0.2, 0.25) is 0 Å². The van der Waals surface area contributed by atoms with E-state index in [0.29, 0.717) is 19.1 Å². The van der Waals surface area contributed by atoms with E-state index in [0.717, 1.165) is 19.7 Å². The fourth-order valence-corrected chi connectivity index (χ4v) is 1.59. The van der Waals surface area contributed by atoms with E-state index in [4.69, 9.17) is 15.6 Å². The molecule has 82 valence electrons. The third kappa shape index (κ3) is 3.61. The molecule has 2 unspecified atom stereocenters. The Kier molecular flexibility index (Phi) is 4.31. The van der Waals surface area contributed by atoms with Crippen LogP contribution in [0.4, 0.5) is 0 Å². The van der Waals surface area contributed by atoms with Gasteiger partial charge in [0.2, 0.25) is 0 Å². The second kappa shape index (κ2) is 5.29. The molecule has 5 heteroatoms. The van der Waals surface area contributed by atoms with Crippen LogP contribution in [-0.2, 0) is 9.53 Å². The van der Waals surface area contributed by atoms with Crippen LogP contribution in [0.1, 0.15) is 6.92 Å². The number of nitrogens with two attached hydrogens (primary N) is 1. The maximum absolute atomic E-state index is 10.6. The second-order valence-electron chi connectivity index (χ2n) is 3.88. The van der Waals surface area contributed by atoms with Gasteiger partial charge in [0.25, 0.3) is 0 Å². The van der Waals surface area contributed by atoms with Crippen LogP contribution >= 0.6 is 0 Å². The quantitative estimate of drug-likeness (QED) is 0.637. The minimum absolute atomic E-state index is 0.406. The van der Waals surface area contributed by atoms with Gasteiger partial charge in [-0.2, -0.15) is 0 Å². The van der Waals surface area contributed by atoms with Crippen molar-refractivity contribution in [2.24, 2.45) is 11.7 Å². The van der Waals surface area contributed by atoms with Gasteiger partial charge in [-0.3, -0.25) is 9.69 Å². The summed E-state index contributed by atoms with van der Waals surface area (Å²) in [6.07, 6.45) is 0. The number of carboxylic acid groups (broad SMARTS) is 1. The van der Waals surface area contributed by atoms with Crippen molar-refractivity contribution in [2.45, 2.75) is 13.0 Å². The average molecular weight is 202 g/mol. The van der Waals surface area contributed by atoms with E-state index in [1.54, 1.807) is 0 Å². The van der Waals surface area contributed by atoms with Crippen molar-refractivity contribution in [1.29, 1.82) is 0 Å². The number of aliphatic carboxylic acids is 1. The van der Waals surface area contributed by atoms with Gasteiger partial charge < -0.3 is 15.6 Å². The zero-order chi connectivity index (χ0) is 10.6. The van der Waals surface area contributed by atoms with Crippen LogP contribution < -0.4 is 5.73 Å². The number of rotatable bonds is 3. The summed E-state index contributed by atoms with van der Waals surface area (Å²) < 4.78 is 5.35. The monoisotopic (exact) mass is 202 g/mol. The molecule has 0 aromatic rings. The lowest BCUT2D eigenvalue weighted by Crippen LogP contribution is -2.44. The van der Waals surface area contributed by atoms with E-state index in [2.05, 4.69) is 11.8 Å². The van der Waals surface area contributed by atoms with Crippen molar-refractivity contribution in [3.8, 4) is 0 Å². The molecular weight excluding hydrogens is 184 g/mol. The van der Waals surface area contributed by atoms with Crippen molar-refractivity contribution in [2.75, 3.05) is 32.8 Å². The second-order valence-corrected chi connectivity index (χ2v) is 3.88. The summed E-state index contributed by atoms with van der Waals surface area (Å²) in [5.74, 6) is -0.499. The fraction of sp³-hybridized carbons (Fsp3) is 0.889. The average Bonchev–Trinajstić information content (AvgIpc) is 2.29. The lowest BCUT2D eigenvalue weighted by atomic mass is 10.2. The molecule has 5 nitrogen and oxygen atoms in total. The van der Waals surface area contributed by atoms with Crippen molar-refractivity contribution < 1.29 is 14.6 Å². The first kappa shape index (κ1) is 11.4. The molecule has 0 saturated carbocycles. The van der Waals surface area contributed by atoms with Crippen LogP contribution in [0, 0.1) is 5.92 Å². The van der Waals surface area contributed by atoms with Crippen LogP contribution in [0.25, 0.3) is 0 Å². The van der Waals surface area contributed by atoms with E-state index in [-0.39, 0.29) is 0 Å². The normalized spacial score (nSPS) is 26.9. The Morgan fingerprint density at radius 3 is 3.14 bits per heavy atom. The Balaban J connectivity index is 2.38.